The Morgan fingerprint density at radius 2 is 2.05 bits per heavy atom. The number of amides is 2. The molecule has 2 aromatic rings. The Labute approximate surface area is 117 Å². The maximum absolute atomic E-state index is 12.0. The number of benzene rings is 1. The minimum atomic E-state index is -0.166. The highest BCUT2D eigenvalue weighted by atomic mass is 16.2. The second-order valence-corrected chi connectivity index (χ2v) is 4.63. The van der Waals surface area contributed by atoms with Crippen LogP contribution >= 0.6 is 0 Å². The van der Waals surface area contributed by atoms with Crippen molar-refractivity contribution in [3.8, 4) is 0 Å². The zero-order chi connectivity index (χ0) is 14.5. The lowest BCUT2D eigenvalue weighted by Crippen LogP contribution is -2.22. The zero-order valence-corrected chi connectivity index (χ0v) is 11.5. The molecule has 20 heavy (non-hydrogen) atoms. The maximum atomic E-state index is 12.0. The first-order valence-corrected chi connectivity index (χ1v) is 6.31. The van der Waals surface area contributed by atoms with Gasteiger partial charge in [0, 0.05) is 44.2 Å². The fraction of sp³-hybridized carbons (Fsp3) is 0.200. The van der Waals surface area contributed by atoms with Crippen LogP contribution in [-0.2, 0) is 18.4 Å². The molecule has 1 aromatic heterocycles. The molecule has 104 valence electrons. The largest absolute Gasteiger partial charge is 0.357 e. The summed E-state index contributed by atoms with van der Waals surface area (Å²) < 4.78 is 1.93. The van der Waals surface area contributed by atoms with Gasteiger partial charge in [-0.2, -0.15) is 0 Å². The molecule has 0 saturated carbocycles. The van der Waals surface area contributed by atoms with Crippen LogP contribution in [0.1, 0.15) is 22.8 Å². The van der Waals surface area contributed by atoms with E-state index < -0.39 is 0 Å². The summed E-state index contributed by atoms with van der Waals surface area (Å²) in [5, 5.41) is 5.50. The number of nitrogens with zero attached hydrogens (tertiary/aromatic N) is 1. The van der Waals surface area contributed by atoms with Gasteiger partial charge in [-0.3, -0.25) is 9.59 Å². The van der Waals surface area contributed by atoms with Crippen LogP contribution < -0.4 is 10.6 Å². The van der Waals surface area contributed by atoms with Crippen LogP contribution in [0.5, 0.6) is 0 Å². The van der Waals surface area contributed by atoms with Gasteiger partial charge < -0.3 is 15.2 Å². The van der Waals surface area contributed by atoms with Crippen molar-refractivity contribution in [1.82, 2.24) is 9.88 Å². The molecule has 0 fully saturated rings. The van der Waals surface area contributed by atoms with Gasteiger partial charge in [0.05, 0.1) is 0 Å². The Morgan fingerprint density at radius 1 is 1.25 bits per heavy atom. The Hall–Kier alpha value is -2.56. The predicted molar refractivity (Wildman–Crippen MR) is 77.3 cm³/mol. The van der Waals surface area contributed by atoms with Gasteiger partial charge in [-0.05, 0) is 29.8 Å². The van der Waals surface area contributed by atoms with Crippen LogP contribution in [-0.4, -0.2) is 16.4 Å². The van der Waals surface area contributed by atoms with Crippen molar-refractivity contribution in [2.24, 2.45) is 7.05 Å². The quantitative estimate of drug-likeness (QED) is 0.892. The van der Waals surface area contributed by atoms with Crippen LogP contribution in [0.25, 0.3) is 0 Å². The highest BCUT2D eigenvalue weighted by Crippen LogP contribution is 2.11. The highest BCUT2D eigenvalue weighted by molar-refractivity contribution is 5.96. The third-order valence-corrected chi connectivity index (χ3v) is 2.79. The molecule has 0 aliphatic heterocycles. The molecule has 0 saturated heterocycles. The summed E-state index contributed by atoms with van der Waals surface area (Å²) in [4.78, 5) is 23.0. The number of hydrogen-bond donors (Lipinski definition) is 2. The predicted octanol–water partition coefficient (Wildman–Crippen LogP) is 1.91. The fourth-order valence-corrected chi connectivity index (χ4v) is 1.89. The molecule has 0 radical (unpaired) electrons. The highest BCUT2D eigenvalue weighted by Gasteiger charge is 2.07. The first-order chi connectivity index (χ1) is 9.54. The fourth-order valence-electron chi connectivity index (χ4n) is 1.89. The smallest absolute Gasteiger partial charge is 0.251 e. The molecule has 0 unspecified atom stereocenters. The molecule has 0 aliphatic rings. The van der Waals surface area contributed by atoms with Crippen molar-refractivity contribution in [1.29, 1.82) is 0 Å². The average molecular weight is 271 g/mol. The van der Waals surface area contributed by atoms with E-state index in [1.165, 1.54) is 6.92 Å². The van der Waals surface area contributed by atoms with Crippen molar-refractivity contribution in [3.63, 3.8) is 0 Å². The van der Waals surface area contributed by atoms with Gasteiger partial charge in [-0.25, -0.2) is 0 Å². The molecule has 0 spiro atoms. The summed E-state index contributed by atoms with van der Waals surface area (Å²) in [6.45, 7) is 1.91. The number of hydrogen-bond acceptors (Lipinski definition) is 2. The molecule has 2 N–H and O–H groups in total. The average Bonchev–Trinajstić information content (AvgIpc) is 2.81. The Bertz CT molecular complexity index is 632. The number of rotatable bonds is 4. The minimum absolute atomic E-state index is 0.160. The summed E-state index contributed by atoms with van der Waals surface area (Å²) >= 11 is 0. The van der Waals surface area contributed by atoms with Crippen molar-refractivity contribution in [3.05, 3.63) is 53.9 Å². The van der Waals surface area contributed by atoms with Crippen molar-refractivity contribution < 1.29 is 9.59 Å². The topological polar surface area (TPSA) is 63.1 Å². The zero-order valence-electron chi connectivity index (χ0n) is 11.5. The molecular weight excluding hydrogens is 254 g/mol. The van der Waals surface area contributed by atoms with E-state index in [0.29, 0.717) is 17.8 Å². The van der Waals surface area contributed by atoms with E-state index in [1.807, 2.05) is 30.1 Å². The van der Waals surface area contributed by atoms with Gasteiger partial charge in [0.1, 0.15) is 0 Å². The molecule has 2 amide bonds. The molecule has 1 heterocycles. The lowest BCUT2D eigenvalue weighted by molar-refractivity contribution is -0.114. The van der Waals surface area contributed by atoms with Crippen molar-refractivity contribution in [2.75, 3.05) is 5.32 Å². The van der Waals surface area contributed by atoms with Gasteiger partial charge >= 0.3 is 0 Å². The number of anilines is 1. The van der Waals surface area contributed by atoms with E-state index in [0.717, 1.165) is 5.56 Å². The standard InChI is InChI=1S/C15H17N3O2/c1-11(19)17-14-5-3-4-13(8-14)15(20)16-9-12-6-7-18(2)10-12/h3-8,10H,9H2,1-2H3,(H,16,20)(H,17,19). The second-order valence-electron chi connectivity index (χ2n) is 4.63. The summed E-state index contributed by atoms with van der Waals surface area (Å²) in [5.74, 6) is -0.326. The van der Waals surface area contributed by atoms with E-state index in [2.05, 4.69) is 10.6 Å². The molecule has 1 aromatic carbocycles. The van der Waals surface area contributed by atoms with E-state index in [9.17, 15) is 9.59 Å². The number of carbonyl (C=O) groups is 2. The minimum Gasteiger partial charge on any atom is -0.357 e. The molecular formula is C15H17N3O2. The van der Waals surface area contributed by atoms with Gasteiger partial charge in [0.25, 0.3) is 5.91 Å². The normalized spacial score (nSPS) is 10.1. The summed E-state index contributed by atoms with van der Waals surface area (Å²) in [6.07, 6.45) is 3.88. The van der Waals surface area contributed by atoms with E-state index in [1.54, 1.807) is 24.3 Å². The lowest BCUT2D eigenvalue weighted by atomic mass is 10.2. The van der Waals surface area contributed by atoms with Crippen LogP contribution in [0.4, 0.5) is 5.69 Å². The molecule has 0 atom stereocenters. The van der Waals surface area contributed by atoms with Gasteiger partial charge in [0.2, 0.25) is 5.91 Å². The number of nitrogens with one attached hydrogen (secondary N) is 2. The Balaban J connectivity index is 1.99. The first kappa shape index (κ1) is 13.9. The van der Waals surface area contributed by atoms with Crippen LogP contribution in [0, 0.1) is 0 Å². The second kappa shape index (κ2) is 6.06. The van der Waals surface area contributed by atoms with Crippen LogP contribution in [0.2, 0.25) is 0 Å². The van der Waals surface area contributed by atoms with Crippen LogP contribution in [0.15, 0.2) is 42.7 Å². The van der Waals surface area contributed by atoms with E-state index >= 15 is 0 Å². The number of aromatic nitrogens is 1. The third-order valence-electron chi connectivity index (χ3n) is 2.79. The third kappa shape index (κ3) is 3.71. The summed E-state index contributed by atoms with van der Waals surface area (Å²) in [5.41, 5.74) is 2.18. The van der Waals surface area contributed by atoms with Crippen molar-refractivity contribution in [2.45, 2.75) is 13.5 Å². The van der Waals surface area contributed by atoms with Gasteiger partial charge in [0.15, 0.2) is 0 Å². The molecule has 5 nitrogen and oxygen atoms in total. The Morgan fingerprint density at radius 3 is 2.70 bits per heavy atom. The Kier molecular flexibility index (Phi) is 4.20. The van der Waals surface area contributed by atoms with E-state index in [-0.39, 0.29) is 11.8 Å². The molecule has 0 bridgehead atoms. The summed E-state index contributed by atoms with van der Waals surface area (Å²) in [7, 11) is 1.93. The van der Waals surface area contributed by atoms with Crippen LogP contribution in [0.3, 0.4) is 0 Å². The monoisotopic (exact) mass is 271 g/mol. The number of aryl methyl sites for hydroxylation is 1. The van der Waals surface area contributed by atoms with E-state index in [4.69, 9.17) is 0 Å². The molecule has 5 heteroatoms. The SMILES string of the molecule is CC(=O)Nc1cccc(C(=O)NCc2ccn(C)c2)c1. The lowest BCUT2D eigenvalue weighted by Gasteiger charge is -2.06. The maximum Gasteiger partial charge on any atom is 0.251 e. The van der Waals surface area contributed by atoms with Gasteiger partial charge in [-0.1, -0.05) is 6.07 Å². The molecule has 0 aliphatic carbocycles. The van der Waals surface area contributed by atoms with Gasteiger partial charge in [-0.15, -0.1) is 0 Å². The number of carbonyl (C=O) groups excluding carboxylic acids is 2. The summed E-state index contributed by atoms with van der Waals surface area (Å²) in [6, 6.07) is 8.81. The molecule has 2 rings (SSSR count). The van der Waals surface area contributed by atoms with Crippen molar-refractivity contribution >= 4 is 17.5 Å². The first-order valence-electron chi connectivity index (χ1n) is 6.31.